The lowest BCUT2D eigenvalue weighted by atomic mass is 10.1. The van der Waals surface area contributed by atoms with E-state index in [2.05, 4.69) is 10.2 Å². The molecule has 0 unspecified atom stereocenters. The Morgan fingerprint density at radius 1 is 1.44 bits per heavy atom. The van der Waals surface area contributed by atoms with E-state index in [1.54, 1.807) is 6.33 Å². The van der Waals surface area contributed by atoms with Crippen molar-refractivity contribution in [3.63, 3.8) is 0 Å². The summed E-state index contributed by atoms with van der Waals surface area (Å²) in [7, 11) is 1.90. The molecule has 0 aliphatic rings. The minimum Gasteiger partial charge on any atom is -0.392 e. The SMILES string of the molecule is Cc1ccc(Sc2nncn2C)c(CO)c1. The predicted octanol–water partition coefficient (Wildman–Crippen LogP) is 1.77. The zero-order valence-corrected chi connectivity index (χ0v) is 10.0. The van der Waals surface area contributed by atoms with Gasteiger partial charge in [-0.2, -0.15) is 0 Å². The fourth-order valence-electron chi connectivity index (χ4n) is 1.39. The summed E-state index contributed by atoms with van der Waals surface area (Å²) in [6, 6.07) is 6.01. The van der Waals surface area contributed by atoms with Crippen molar-refractivity contribution in [2.75, 3.05) is 0 Å². The van der Waals surface area contributed by atoms with Crippen LogP contribution in [0.15, 0.2) is 34.6 Å². The summed E-state index contributed by atoms with van der Waals surface area (Å²) >= 11 is 1.51. The van der Waals surface area contributed by atoms with Crippen LogP contribution in [0.1, 0.15) is 11.1 Å². The Labute approximate surface area is 98.3 Å². The molecule has 1 N–H and O–H groups in total. The van der Waals surface area contributed by atoms with Crippen LogP contribution in [0.5, 0.6) is 0 Å². The van der Waals surface area contributed by atoms with E-state index in [-0.39, 0.29) is 6.61 Å². The fraction of sp³-hybridized carbons (Fsp3) is 0.273. The maximum absolute atomic E-state index is 9.28. The summed E-state index contributed by atoms with van der Waals surface area (Å²) in [4.78, 5) is 1.02. The van der Waals surface area contributed by atoms with E-state index >= 15 is 0 Å². The monoisotopic (exact) mass is 235 g/mol. The Morgan fingerprint density at radius 2 is 2.25 bits per heavy atom. The second-order valence-corrected chi connectivity index (χ2v) is 4.60. The first-order valence-corrected chi connectivity index (χ1v) is 5.74. The third-order valence-corrected chi connectivity index (χ3v) is 3.43. The highest BCUT2D eigenvalue weighted by Gasteiger charge is 2.07. The van der Waals surface area contributed by atoms with Crippen molar-refractivity contribution in [2.45, 2.75) is 23.6 Å². The summed E-state index contributed by atoms with van der Waals surface area (Å²) < 4.78 is 1.85. The Bertz CT molecular complexity index is 496. The van der Waals surface area contributed by atoms with Gasteiger partial charge in [-0.25, -0.2) is 0 Å². The molecule has 0 saturated carbocycles. The lowest BCUT2D eigenvalue weighted by molar-refractivity contribution is 0.279. The molecule has 0 aliphatic carbocycles. The molecule has 1 heterocycles. The number of benzene rings is 1. The first kappa shape index (κ1) is 11.2. The number of aromatic nitrogens is 3. The first-order valence-electron chi connectivity index (χ1n) is 4.93. The van der Waals surface area contributed by atoms with E-state index in [9.17, 15) is 5.11 Å². The lowest BCUT2D eigenvalue weighted by Crippen LogP contribution is -1.92. The van der Waals surface area contributed by atoms with Crippen LogP contribution in [-0.4, -0.2) is 19.9 Å². The van der Waals surface area contributed by atoms with Crippen molar-refractivity contribution < 1.29 is 5.11 Å². The number of nitrogens with zero attached hydrogens (tertiary/aromatic N) is 3. The predicted molar refractivity (Wildman–Crippen MR) is 62.2 cm³/mol. The van der Waals surface area contributed by atoms with Gasteiger partial charge in [-0.05, 0) is 30.3 Å². The van der Waals surface area contributed by atoms with Crippen LogP contribution < -0.4 is 0 Å². The van der Waals surface area contributed by atoms with Crippen LogP contribution in [0.4, 0.5) is 0 Å². The minimum absolute atomic E-state index is 0.0435. The highest BCUT2D eigenvalue weighted by molar-refractivity contribution is 7.99. The maximum Gasteiger partial charge on any atom is 0.195 e. The molecule has 84 valence electrons. The summed E-state index contributed by atoms with van der Waals surface area (Å²) in [6.07, 6.45) is 1.66. The van der Waals surface area contributed by atoms with Crippen molar-refractivity contribution in [3.8, 4) is 0 Å². The van der Waals surface area contributed by atoms with Gasteiger partial charge in [0.25, 0.3) is 0 Å². The highest BCUT2D eigenvalue weighted by atomic mass is 32.2. The van der Waals surface area contributed by atoms with Crippen molar-refractivity contribution in [1.82, 2.24) is 14.8 Å². The van der Waals surface area contributed by atoms with Gasteiger partial charge in [-0.3, -0.25) is 0 Å². The highest BCUT2D eigenvalue weighted by Crippen LogP contribution is 2.29. The van der Waals surface area contributed by atoms with E-state index < -0.39 is 0 Å². The molecule has 2 rings (SSSR count). The second kappa shape index (κ2) is 4.67. The van der Waals surface area contributed by atoms with Gasteiger partial charge in [0.05, 0.1) is 6.61 Å². The molecule has 0 saturated heterocycles. The Kier molecular flexibility index (Phi) is 3.26. The average Bonchev–Trinajstić information content (AvgIpc) is 2.67. The van der Waals surface area contributed by atoms with Crippen LogP contribution >= 0.6 is 11.8 Å². The Morgan fingerprint density at radius 3 is 2.88 bits per heavy atom. The first-order chi connectivity index (χ1) is 7.70. The quantitative estimate of drug-likeness (QED) is 0.881. The molecule has 0 atom stereocenters. The van der Waals surface area contributed by atoms with Crippen molar-refractivity contribution in [3.05, 3.63) is 35.7 Å². The van der Waals surface area contributed by atoms with E-state index in [4.69, 9.17) is 0 Å². The molecule has 4 nitrogen and oxygen atoms in total. The lowest BCUT2D eigenvalue weighted by Gasteiger charge is -2.07. The molecule has 0 aliphatic heterocycles. The van der Waals surface area contributed by atoms with Gasteiger partial charge < -0.3 is 9.67 Å². The van der Waals surface area contributed by atoms with Crippen molar-refractivity contribution >= 4 is 11.8 Å². The molecule has 1 aromatic carbocycles. The second-order valence-electron chi connectivity index (χ2n) is 3.60. The molecular weight excluding hydrogens is 222 g/mol. The number of aryl methyl sites for hydroxylation is 2. The topological polar surface area (TPSA) is 50.9 Å². The molecule has 2 aromatic rings. The molecule has 0 amide bonds. The number of hydrogen-bond donors (Lipinski definition) is 1. The number of aliphatic hydroxyl groups excluding tert-OH is 1. The minimum atomic E-state index is 0.0435. The van der Waals surface area contributed by atoms with Gasteiger partial charge in [-0.1, -0.05) is 17.7 Å². The number of aliphatic hydroxyl groups is 1. The van der Waals surface area contributed by atoms with Crippen LogP contribution in [0.25, 0.3) is 0 Å². The Balaban J connectivity index is 2.31. The van der Waals surface area contributed by atoms with Gasteiger partial charge >= 0.3 is 0 Å². The normalized spacial score (nSPS) is 10.7. The van der Waals surface area contributed by atoms with Crippen LogP contribution in [-0.2, 0) is 13.7 Å². The summed E-state index contributed by atoms with van der Waals surface area (Å²) in [5.74, 6) is 0. The molecule has 0 bridgehead atoms. The smallest absolute Gasteiger partial charge is 0.195 e. The van der Waals surface area contributed by atoms with E-state index in [0.29, 0.717) is 0 Å². The van der Waals surface area contributed by atoms with Gasteiger partial charge in [0.2, 0.25) is 0 Å². The van der Waals surface area contributed by atoms with Gasteiger partial charge in [0.1, 0.15) is 6.33 Å². The van der Waals surface area contributed by atoms with Gasteiger partial charge in [-0.15, -0.1) is 10.2 Å². The van der Waals surface area contributed by atoms with Crippen LogP contribution in [0.2, 0.25) is 0 Å². The third-order valence-electron chi connectivity index (χ3n) is 2.26. The maximum atomic E-state index is 9.28. The van der Waals surface area contributed by atoms with E-state index in [1.165, 1.54) is 11.8 Å². The average molecular weight is 235 g/mol. The molecule has 16 heavy (non-hydrogen) atoms. The third kappa shape index (κ3) is 2.25. The fourth-order valence-corrected chi connectivity index (χ4v) is 2.26. The molecule has 0 radical (unpaired) electrons. The zero-order chi connectivity index (χ0) is 11.5. The summed E-state index contributed by atoms with van der Waals surface area (Å²) in [5.41, 5.74) is 2.07. The van der Waals surface area contributed by atoms with Gasteiger partial charge in [0.15, 0.2) is 5.16 Å². The standard InChI is InChI=1S/C11H13N3OS/c1-8-3-4-10(9(5-8)6-15)16-11-13-12-7-14(11)2/h3-5,7,15H,6H2,1-2H3. The van der Waals surface area contributed by atoms with Crippen molar-refractivity contribution in [2.24, 2.45) is 7.05 Å². The van der Waals surface area contributed by atoms with Crippen LogP contribution in [0, 0.1) is 6.92 Å². The number of hydrogen-bond acceptors (Lipinski definition) is 4. The van der Waals surface area contributed by atoms with Crippen LogP contribution in [0.3, 0.4) is 0 Å². The molecule has 0 spiro atoms. The zero-order valence-electron chi connectivity index (χ0n) is 9.21. The Hall–Kier alpha value is -1.33. The summed E-state index contributed by atoms with van der Waals surface area (Å²) in [6.45, 7) is 2.05. The van der Waals surface area contributed by atoms with Gasteiger partial charge in [0, 0.05) is 11.9 Å². The molecule has 5 heteroatoms. The van der Waals surface area contributed by atoms with E-state index in [0.717, 1.165) is 21.2 Å². The number of rotatable bonds is 3. The van der Waals surface area contributed by atoms with Crippen molar-refractivity contribution in [1.29, 1.82) is 0 Å². The molecule has 0 fully saturated rings. The molecular formula is C11H13N3OS. The summed E-state index contributed by atoms with van der Waals surface area (Å²) in [5, 5.41) is 17.9. The van der Waals surface area contributed by atoms with E-state index in [1.807, 2.05) is 36.7 Å². The largest absolute Gasteiger partial charge is 0.392 e. The molecule has 1 aromatic heterocycles.